The van der Waals surface area contributed by atoms with E-state index >= 15 is 0 Å². The molecule has 0 amide bonds. The van der Waals surface area contributed by atoms with E-state index in [0.29, 0.717) is 22.1 Å². The Bertz CT molecular complexity index is 813. The van der Waals surface area contributed by atoms with Crippen molar-refractivity contribution in [1.82, 2.24) is 14.6 Å². The summed E-state index contributed by atoms with van der Waals surface area (Å²) in [6, 6.07) is 9.39. The molecule has 8 heteroatoms. The molecular formula is C15H14N4O3S. The van der Waals surface area contributed by atoms with Crippen molar-refractivity contribution >= 4 is 22.5 Å². The first-order valence-electron chi connectivity index (χ1n) is 6.88. The summed E-state index contributed by atoms with van der Waals surface area (Å²) in [5.41, 5.74) is 1.87. The summed E-state index contributed by atoms with van der Waals surface area (Å²) < 4.78 is 14.9. The molecule has 0 saturated heterocycles. The van der Waals surface area contributed by atoms with Gasteiger partial charge in [0.15, 0.2) is 6.61 Å². The van der Waals surface area contributed by atoms with Gasteiger partial charge in [0, 0.05) is 12.6 Å². The molecule has 0 bridgehead atoms. The Morgan fingerprint density at radius 1 is 1.30 bits per heavy atom. The van der Waals surface area contributed by atoms with E-state index in [-0.39, 0.29) is 12.5 Å². The molecule has 0 aliphatic rings. The fourth-order valence-electron chi connectivity index (χ4n) is 1.99. The summed E-state index contributed by atoms with van der Waals surface area (Å²) in [6.07, 6.45) is 0. The highest BCUT2D eigenvalue weighted by atomic mass is 32.1. The van der Waals surface area contributed by atoms with Crippen molar-refractivity contribution in [2.45, 2.75) is 13.5 Å². The Labute approximate surface area is 136 Å². The third-order valence-corrected chi connectivity index (χ3v) is 4.06. The Morgan fingerprint density at radius 3 is 2.83 bits per heavy atom. The molecule has 0 radical (unpaired) electrons. The third kappa shape index (κ3) is 3.21. The smallest absolute Gasteiger partial charge is 0.343 e. The van der Waals surface area contributed by atoms with Gasteiger partial charge in [-0.15, -0.1) is 10.2 Å². The fraction of sp³-hybridized carbons (Fsp3) is 0.200. The van der Waals surface area contributed by atoms with Crippen molar-refractivity contribution in [2.75, 3.05) is 12.4 Å². The average molecular weight is 330 g/mol. The van der Waals surface area contributed by atoms with Crippen LogP contribution >= 0.6 is 11.5 Å². The standard InChI is InChI=1S/C15H14N4O3S/c1-9-12(14(16-2)23-19-9)15(20)21-8-11-17-18-13(22-11)10-6-4-3-5-7-10/h3-7,16H,8H2,1-2H3. The Balaban J connectivity index is 1.68. The second kappa shape index (κ2) is 6.57. The van der Waals surface area contributed by atoms with Crippen molar-refractivity contribution in [2.24, 2.45) is 0 Å². The van der Waals surface area contributed by atoms with Crippen LogP contribution in [-0.4, -0.2) is 27.6 Å². The highest BCUT2D eigenvalue weighted by molar-refractivity contribution is 7.10. The van der Waals surface area contributed by atoms with Gasteiger partial charge in [-0.1, -0.05) is 18.2 Å². The number of nitrogens with zero attached hydrogens (tertiary/aromatic N) is 3. The van der Waals surface area contributed by atoms with Gasteiger partial charge in [0.05, 0.1) is 5.69 Å². The van der Waals surface area contributed by atoms with Gasteiger partial charge < -0.3 is 14.5 Å². The average Bonchev–Trinajstić information content (AvgIpc) is 3.20. The molecule has 0 atom stereocenters. The lowest BCUT2D eigenvalue weighted by Gasteiger charge is -2.03. The summed E-state index contributed by atoms with van der Waals surface area (Å²) in [6.45, 7) is 1.67. The van der Waals surface area contributed by atoms with E-state index in [4.69, 9.17) is 9.15 Å². The zero-order chi connectivity index (χ0) is 16.2. The zero-order valence-corrected chi connectivity index (χ0v) is 13.4. The monoisotopic (exact) mass is 330 g/mol. The first-order chi connectivity index (χ1) is 11.2. The molecule has 3 rings (SSSR count). The lowest BCUT2D eigenvalue weighted by atomic mass is 10.2. The molecule has 23 heavy (non-hydrogen) atoms. The maximum atomic E-state index is 12.2. The molecule has 1 N–H and O–H groups in total. The Morgan fingerprint density at radius 2 is 2.09 bits per heavy atom. The second-order valence-electron chi connectivity index (χ2n) is 4.67. The van der Waals surface area contributed by atoms with Gasteiger partial charge in [0.1, 0.15) is 10.6 Å². The van der Waals surface area contributed by atoms with Crippen LogP contribution in [0.4, 0.5) is 5.00 Å². The van der Waals surface area contributed by atoms with Crippen LogP contribution in [0.25, 0.3) is 11.5 Å². The maximum absolute atomic E-state index is 12.2. The number of nitrogens with one attached hydrogen (secondary N) is 1. The molecule has 118 valence electrons. The number of esters is 1. The number of aryl methyl sites for hydroxylation is 1. The summed E-state index contributed by atoms with van der Waals surface area (Å²) >= 11 is 1.21. The van der Waals surface area contributed by atoms with Crippen molar-refractivity contribution in [1.29, 1.82) is 0 Å². The maximum Gasteiger partial charge on any atom is 0.343 e. The number of carbonyl (C=O) groups is 1. The van der Waals surface area contributed by atoms with Crippen LogP contribution < -0.4 is 5.32 Å². The second-order valence-corrected chi connectivity index (χ2v) is 5.44. The van der Waals surface area contributed by atoms with E-state index < -0.39 is 5.97 Å². The van der Waals surface area contributed by atoms with E-state index in [1.807, 2.05) is 30.3 Å². The van der Waals surface area contributed by atoms with Gasteiger partial charge in [-0.05, 0) is 30.6 Å². The van der Waals surface area contributed by atoms with Crippen LogP contribution in [0, 0.1) is 6.92 Å². The number of benzene rings is 1. The van der Waals surface area contributed by atoms with Crippen molar-refractivity contribution in [3.05, 3.63) is 47.5 Å². The van der Waals surface area contributed by atoms with E-state index in [9.17, 15) is 4.79 Å². The molecule has 0 spiro atoms. The normalized spacial score (nSPS) is 10.5. The van der Waals surface area contributed by atoms with Crippen molar-refractivity contribution in [3.8, 4) is 11.5 Å². The fourth-order valence-corrected chi connectivity index (χ4v) is 2.72. The van der Waals surface area contributed by atoms with E-state index in [1.54, 1.807) is 14.0 Å². The molecule has 0 aliphatic heterocycles. The minimum Gasteiger partial charge on any atom is -0.452 e. The molecule has 3 aromatic rings. The van der Waals surface area contributed by atoms with Crippen molar-refractivity contribution < 1.29 is 13.9 Å². The lowest BCUT2D eigenvalue weighted by Crippen LogP contribution is -2.08. The molecule has 0 unspecified atom stereocenters. The molecule has 0 fully saturated rings. The number of aromatic nitrogens is 3. The molecule has 0 saturated carbocycles. The molecule has 2 heterocycles. The van der Waals surface area contributed by atoms with Gasteiger partial charge in [-0.25, -0.2) is 4.79 Å². The summed E-state index contributed by atoms with van der Waals surface area (Å²) in [5.74, 6) is 0.157. The van der Waals surface area contributed by atoms with Gasteiger partial charge >= 0.3 is 5.97 Å². The number of carbonyl (C=O) groups excluding carboxylic acids is 1. The van der Waals surface area contributed by atoms with Gasteiger partial charge in [-0.2, -0.15) is 4.37 Å². The first kappa shape index (κ1) is 15.2. The van der Waals surface area contributed by atoms with E-state index in [1.165, 1.54) is 11.5 Å². The summed E-state index contributed by atoms with van der Waals surface area (Å²) in [5, 5.41) is 11.4. The van der Waals surface area contributed by atoms with Crippen LogP contribution in [-0.2, 0) is 11.3 Å². The Kier molecular flexibility index (Phi) is 4.33. The van der Waals surface area contributed by atoms with Crippen LogP contribution in [0.3, 0.4) is 0 Å². The summed E-state index contributed by atoms with van der Waals surface area (Å²) in [4.78, 5) is 12.2. The molecular weight excluding hydrogens is 316 g/mol. The number of anilines is 1. The largest absolute Gasteiger partial charge is 0.452 e. The van der Waals surface area contributed by atoms with Crippen LogP contribution in [0.2, 0.25) is 0 Å². The molecule has 1 aromatic carbocycles. The minimum absolute atomic E-state index is 0.0862. The van der Waals surface area contributed by atoms with Gasteiger partial charge in [-0.3, -0.25) is 0 Å². The number of rotatable bonds is 5. The van der Waals surface area contributed by atoms with Crippen molar-refractivity contribution in [3.63, 3.8) is 0 Å². The minimum atomic E-state index is -0.472. The van der Waals surface area contributed by atoms with Gasteiger partial charge in [0.2, 0.25) is 5.89 Å². The Hall–Kier alpha value is -2.74. The SMILES string of the molecule is CNc1snc(C)c1C(=O)OCc1nnc(-c2ccccc2)o1. The van der Waals surface area contributed by atoms with Crippen LogP contribution in [0.5, 0.6) is 0 Å². The predicted octanol–water partition coefficient (Wildman–Crippen LogP) is 2.90. The number of hydrogen-bond acceptors (Lipinski definition) is 8. The molecule has 0 aliphatic carbocycles. The van der Waals surface area contributed by atoms with Gasteiger partial charge in [0.25, 0.3) is 5.89 Å². The zero-order valence-electron chi connectivity index (χ0n) is 12.6. The summed E-state index contributed by atoms with van der Waals surface area (Å²) in [7, 11) is 1.73. The molecule has 7 nitrogen and oxygen atoms in total. The highest BCUT2D eigenvalue weighted by Crippen LogP contribution is 2.25. The number of hydrogen-bond donors (Lipinski definition) is 1. The quantitative estimate of drug-likeness (QED) is 0.719. The predicted molar refractivity (Wildman–Crippen MR) is 85.3 cm³/mol. The first-order valence-corrected chi connectivity index (χ1v) is 7.65. The third-order valence-electron chi connectivity index (χ3n) is 3.11. The topological polar surface area (TPSA) is 90.1 Å². The van der Waals surface area contributed by atoms with Crippen LogP contribution in [0.15, 0.2) is 34.7 Å². The lowest BCUT2D eigenvalue weighted by molar-refractivity contribution is 0.0439. The van der Waals surface area contributed by atoms with Crippen LogP contribution in [0.1, 0.15) is 21.9 Å². The highest BCUT2D eigenvalue weighted by Gasteiger charge is 2.20. The van der Waals surface area contributed by atoms with E-state index in [0.717, 1.165) is 5.56 Å². The van der Waals surface area contributed by atoms with E-state index in [2.05, 4.69) is 19.9 Å². The number of ether oxygens (including phenoxy) is 1. The molecule has 2 aromatic heterocycles.